The number of esters is 1. The van der Waals surface area contributed by atoms with Crippen LogP contribution >= 0.6 is 11.9 Å². The summed E-state index contributed by atoms with van der Waals surface area (Å²) in [7, 11) is 0. The van der Waals surface area contributed by atoms with E-state index in [-0.39, 0.29) is 5.97 Å². The van der Waals surface area contributed by atoms with Crippen LogP contribution in [0.15, 0.2) is 65.6 Å². The average Bonchev–Trinajstić information content (AvgIpc) is 3.12. The predicted octanol–water partition coefficient (Wildman–Crippen LogP) is 5.72. The Morgan fingerprint density at radius 1 is 0.906 bits per heavy atom. The monoisotopic (exact) mass is 446 g/mol. The van der Waals surface area contributed by atoms with Crippen LogP contribution < -0.4 is 14.4 Å². The summed E-state index contributed by atoms with van der Waals surface area (Å²) in [6, 6.07) is 19.9. The Hall–Kier alpha value is -2.96. The van der Waals surface area contributed by atoms with Gasteiger partial charge < -0.3 is 14.4 Å². The molecule has 1 N–H and O–H groups in total. The van der Waals surface area contributed by atoms with E-state index in [1.165, 1.54) is 0 Å². The quantitative estimate of drug-likeness (QED) is 0.386. The summed E-state index contributed by atoms with van der Waals surface area (Å²) < 4.78 is 16.0. The second-order valence-electron chi connectivity index (χ2n) is 7.83. The van der Waals surface area contributed by atoms with Gasteiger partial charge in [0, 0.05) is 53.0 Å². The van der Waals surface area contributed by atoms with Gasteiger partial charge in [-0.1, -0.05) is 25.1 Å². The van der Waals surface area contributed by atoms with Crippen LogP contribution in [0.2, 0.25) is 0 Å². The first-order chi connectivity index (χ1) is 15.6. The summed E-state index contributed by atoms with van der Waals surface area (Å²) in [4.78, 5) is 16.3. The lowest BCUT2D eigenvalue weighted by atomic mass is 9.77. The van der Waals surface area contributed by atoms with E-state index in [4.69, 9.17) is 9.47 Å². The van der Waals surface area contributed by atoms with Crippen molar-refractivity contribution in [3.05, 3.63) is 82.9 Å². The molecule has 5 rings (SSSR count). The van der Waals surface area contributed by atoms with Gasteiger partial charge in [-0.2, -0.15) is 0 Å². The van der Waals surface area contributed by atoms with Gasteiger partial charge in [-0.05, 0) is 62.2 Å². The molecule has 2 aliphatic rings. The number of anilines is 1. The molecule has 0 aromatic heterocycles. The van der Waals surface area contributed by atoms with E-state index in [0.29, 0.717) is 11.3 Å². The van der Waals surface area contributed by atoms with Crippen LogP contribution in [0, 0.1) is 0 Å². The highest BCUT2D eigenvalue weighted by Crippen LogP contribution is 2.56. The first-order valence-corrected chi connectivity index (χ1v) is 11.9. The molecule has 1 unspecified atom stereocenters. The highest BCUT2D eigenvalue weighted by atomic mass is 32.2. The van der Waals surface area contributed by atoms with Crippen LogP contribution in [0.4, 0.5) is 5.69 Å². The van der Waals surface area contributed by atoms with Gasteiger partial charge in [-0.15, -0.1) is 0 Å². The van der Waals surface area contributed by atoms with E-state index in [9.17, 15) is 4.79 Å². The topological polar surface area (TPSA) is 50.8 Å². The molecule has 3 aromatic rings. The molecule has 0 bridgehead atoms. The van der Waals surface area contributed by atoms with Gasteiger partial charge in [0.25, 0.3) is 0 Å². The molecule has 2 aliphatic heterocycles. The molecule has 1 spiro atoms. The largest absolute Gasteiger partial charge is 0.456 e. The van der Waals surface area contributed by atoms with E-state index in [1.807, 2.05) is 42.5 Å². The van der Waals surface area contributed by atoms with Crippen molar-refractivity contribution in [2.24, 2.45) is 0 Å². The zero-order valence-electron chi connectivity index (χ0n) is 18.5. The van der Waals surface area contributed by atoms with Crippen LogP contribution in [-0.4, -0.2) is 25.6 Å². The molecule has 0 saturated heterocycles. The van der Waals surface area contributed by atoms with Crippen molar-refractivity contribution in [1.29, 1.82) is 0 Å². The van der Waals surface area contributed by atoms with Crippen LogP contribution in [0.5, 0.6) is 11.5 Å². The fourth-order valence-electron chi connectivity index (χ4n) is 4.64. The number of hydrogen-bond donors (Lipinski definition) is 1. The Labute approximate surface area is 192 Å². The van der Waals surface area contributed by atoms with Crippen LogP contribution in [-0.2, 0) is 10.3 Å². The molecule has 0 fully saturated rings. The molecule has 32 heavy (non-hydrogen) atoms. The molecular formula is C26H26N2O3S. The second-order valence-corrected chi connectivity index (χ2v) is 8.79. The summed E-state index contributed by atoms with van der Waals surface area (Å²) in [5, 5.41) is 0. The fraction of sp³-hybridized carbons (Fsp3) is 0.269. The number of nitrogens with one attached hydrogen (secondary N) is 1. The molecule has 0 amide bonds. The minimum absolute atomic E-state index is 0.308. The number of hydrogen-bond acceptors (Lipinski definition) is 6. The van der Waals surface area contributed by atoms with Crippen LogP contribution in [0.3, 0.4) is 0 Å². The Morgan fingerprint density at radius 3 is 2.50 bits per heavy atom. The smallest absolute Gasteiger partial charge is 0.340 e. The van der Waals surface area contributed by atoms with Crippen molar-refractivity contribution in [2.45, 2.75) is 31.3 Å². The lowest BCUT2D eigenvalue weighted by Crippen LogP contribution is -2.33. The average molecular weight is 447 g/mol. The predicted molar refractivity (Wildman–Crippen MR) is 128 cm³/mol. The fourth-order valence-corrected chi connectivity index (χ4v) is 5.27. The first kappa shape index (κ1) is 20.9. The van der Waals surface area contributed by atoms with E-state index in [2.05, 4.69) is 48.6 Å². The van der Waals surface area contributed by atoms with Crippen LogP contribution in [0.1, 0.15) is 47.8 Å². The molecule has 1 atom stereocenters. The van der Waals surface area contributed by atoms with Crippen molar-refractivity contribution in [2.75, 3.05) is 24.5 Å². The zero-order chi connectivity index (χ0) is 22.3. The third-order valence-corrected chi connectivity index (χ3v) is 7.05. The Kier molecular flexibility index (Phi) is 5.35. The molecule has 0 radical (unpaired) electrons. The minimum atomic E-state index is -1.03. The second kappa shape index (κ2) is 8.19. The van der Waals surface area contributed by atoms with Crippen molar-refractivity contribution < 1.29 is 14.3 Å². The Bertz CT molecular complexity index is 1190. The zero-order valence-corrected chi connectivity index (χ0v) is 19.3. The van der Waals surface area contributed by atoms with Gasteiger partial charge >= 0.3 is 5.97 Å². The molecular weight excluding hydrogens is 420 g/mol. The third-order valence-electron chi connectivity index (χ3n) is 6.13. The van der Waals surface area contributed by atoms with E-state index in [1.54, 1.807) is 11.9 Å². The molecule has 2 heterocycles. The number of carbonyl (C=O) groups is 1. The normalized spacial score (nSPS) is 17.9. The van der Waals surface area contributed by atoms with Gasteiger partial charge in [0.1, 0.15) is 11.5 Å². The lowest BCUT2D eigenvalue weighted by Gasteiger charge is -2.37. The van der Waals surface area contributed by atoms with E-state index >= 15 is 0 Å². The summed E-state index contributed by atoms with van der Waals surface area (Å²) in [5.41, 5.74) is 3.22. The molecule has 3 aromatic carbocycles. The Morgan fingerprint density at radius 2 is 1.72 bits per heavy atom. The maximum Gasteiger partial charge on any atom is 0.340 e. The lowest BCUT2D eigenvalue weighted by molar-refractivity contribution is 0.0224. The number of rotatable bonds is 6. The van der Waals surface area contributed by atoms with E-state index < -0.39 is 5.60 Å². The summed E-state index contributed by atoms with van der Waals surface area (Å²) in [6.07, 6.45) is 0. The SMILES string of the molecule is CCNSc1ccc2c(c1)C1(OC(=O)c3ccccc31)c1ccc(N(CC)CC)cc1O2. The van der Waals surface area contributed by atoms with E-state index in [0.717, 1.165) is 52.7 Å². The number of benzene rings is 3. The van der Waals surface area contributed by atoms with Gasteiger partial charge in [-0.25, -0.2) is 4.79 Å². The van der Waals surface area contributed by atoms with Gasteiger partial charge in [-0.3, -0.25) is 4.72 Å². The third kappa shape index (κ3) is 3.09. The maximum atomic E-state index is 13.0. The van der Waals surface area contributed by atoms with Crippen molar-refractivity contribution in [3.8, 4) is 11.5 Å². The highest BCUT2D eigenvalue weighted by Gasteiger charge is 2.53. The standard InChI is InChI=1S/C26H26N2O3S/c1-4-27-32-18-12-14-23-22(16-18)26(20-10-8-7-9-19(20)25(29)31-26)21-13-11-17(15-24(21)30-23)28(5-2)6-3/h7-16,27H,4-6H2,1-3H3. The number of carbonyl (C=O) groups excluding carboxylic acids is 1. The van der Waals surface area contributed by atoms with Crippen LogP contribution in [0.25, 0.3) is 0 Å². The summed E-state index contributed by atoms with van der Waals surface area (Å²) in [6.45, 7) is 8.99. The first-order valence-electron chi connectivity index (χ1n) is 11.1. The summed E-state index contributed by atoms with van der Waals surface area (Å²) >= 11 is 1.56. The van der Waals surface area contributed by atoms with Crippen molar-refractivity contribution >= 4 is 23.6 Å². The molecule has 0 aliphatic carbocycles. The van der Waals surface area contributed by atoms with Crippen molar-refractivity contribution in [1.82, 2.24) is 4.72 Å². The Balaban J connectivity index is 1.75. The molecule has 6 heteroatoms. The molecule has 164 valence electrons. The highest BCUT2D eigenvalue weighted by molar-refractivity contribution is 7.97. The number of fused-ring (bicyclic) bond motifs is 6. The molecule has 0 saturated carbocycles. The number of nitrogens with zero attached hydrogens (tertiary/aromatic N) is 1. The maximum absolute atomic E-state index is 13.0. The van der Waals surface area contributed by atoms with Gasteiger partial charge in [0.2, 0.25) is 0 Å². The summed E-state index contributed by atoms with van der Waals surface area (Å²) in [5.74, 6) is 1.12. The van der Waals surface area contributed by atoms with Crippen molar-refractivity contribution in [3.63, 3.8) is 0 Å². The van der Waals surface area contributed by atoms with Gasteiger partial charge in [0.05, 0.1) is 5.56 Å². The van der Waals surface area contributed by atoms with Gasteiger partial charge in [0.15, 0.2) is 5.60 Å². The number of ether oxygens (including phenoxy) is 2. The minimum Gasteiger partial charge on any atom is -0.456 e. The molecule has 5 nitrogen and oxygen atoms in total.